The zero-order valence-corrected chi connectivity index (χ0v) is 11.0. The third-order valence-corrected chi connectivity index (χ3v) is 2.99. The molecule has 0 fully saturated rings. The van der Waals surface area contributed by atoms with Gasteiger partial charge in [-0.15, -0.1) is 11.6 Å². The van der Waals surface area contributed by atoms with Crippen molar-refractivity contribution in [3.05, 3.63) is 16.4 Å². The summed E-state index contributed by atoms with van der Waals surface area (Å²) in [5, 5.41) is 3.48. The molecule has 0 amide bonds. The van der Waals surface area contributed by atoms with E-state index in [1.54, 1.807) is 0 Å². The fraction of sp³-hybridized carbons (Fsp3) is 0.700. The van der Waals surface area contributed by atoms with Crippen LogP contribution in [0.5, 0.6) is 0 Å². The minimum absolute atomic E-state index is 0.0204. The molecule has 0 aliphatic carbocycles. The first-order valence-corrected chi connectivity index (χ1v) is 6.07. The highest BCUT2D eigenvalue weighted by Gasteiger charge is 2.38. The van der Waals surface area contributed by atoms with Gasteiger partial charge in [-0.1, -0.05) is 25.4 Å². The first kappa shape index (κ1) is 14.6. The maximum Gasteiger partial charge on any atom is 0.435 e. The van der Waals surface area contributed by atoms with E-state index in [2.05, 4.69) is 5.10 Å². The molecule has 2 nitrogen and oxygen atoms in total. The summed E-state index contributed by atoms with van der Waals surface area (Å²) in [6.45, 7) is 4.31. The van der Waals surface area contributed by atoms with Gasteiger partial charge in [-0.25, -0.2) is 0 Å². The maximum absolute atomic E-state index is 12.6. The first-order chi connectivity index (χ1) is 7.77. The van der Waals surface area contributed by atoms with E-state index in [1.165, 1.54) is 4.68 Å². The molecular weight excluding hydrogens is 276 g/mol. The van der Waals surface area contributed by atoms with Crippen molar-refractivity contribution >= 4 is 23.2 Å². The summed E-state index contributed by atoms with van der Waals surface area (Å²) in [4.78, 5) is 0. The van der Waals surface area contributed by atoms with Gasteiger partial charge in [0.05, 0.1) is 5.88 Å². The lowest BCUT2D eigenvalue weighted by Crippen LogP contribution is -2.10. The molecule has 1 aromatic heterocycles. The van der Waals surface area contributed by atoms with Crippen LogP contribution in [0.3, 0.4) is 0 Å². The molecule has 7 heteroatoms. The van der Waals surface area contributed by atoms with Crippen molar-refractivity contribution in [1.29, 1.82) is 0 Å². The summed E-state index contributed by atoms with van der Waals surface area (Å²) in [5.74, 6) is 0.0686. The van der Waals surface area contributed by atoms with Gasteiger partial charge in [0.2, 0.25) is 0 Å². The second-order valence-electron chi connectivity index (χ2n) is 4.16. The van der Waals surface area contributed by atoms with Gasteiger partial charge in [-0.05, 0) is 12.3 Å². The lowest BCUT2D eigenvalue weighted by atomic mass is 10.1. The quantitative estimate of drug-likeness (QED) is 0.754. The van der Waals surface area contributed by atoms with Crippen molar-refractivity contribution in [3.8, 4) is 0 Å². The number of aromatic nitrogens is 2. The monoisotopic (exact) mass is 288 g/mol. The van der Waals surface area contributed by atoms with Gasteiger partial charge in [0.1, 0.15) is 5.15 Å². The smallest absolute Gasteiger partial charge is 0.253 e. The van der Waals surface area contributed by atoms with E-state index < -0.39 is 11.9 Å². The number of nitrogens with zero attached hydrogens (tertiary/aromatic N) is 2. The number of hydrogen-bond donors (Lipinski definition) is 0. The van der Waals surface area contributed by atoms with E-state index in [4.69, 9.17) is 23.2 Å². The molecular formula is C10H13Cl2F3N2. The van der Waals surface area contributed by atoms with Crippen LogP contribution in [-0.4, -0.2) is 9.78 Å². The summed E-state index contributed by atoms with van der Waals surface area (Å²) in [5.41, 5.74) is -1.13. The van der Waals surface area contributed by atoms with Gasteiger partial charge in [-0.3, -0.25) is 4.68 Å². The number of hydrogen-bond acceptors (Lipinski definition) is 1. The van der Waals surface area contributed by atoms with Gasteiger partial charge in [0.15, 0.2) is 5.69 Å². The lowest BCUT2D eigenvalue weighted by Gasteiger charge is -2.05. The van der Waals surface area contributed by atoms with Crippen LogP contribution in [0.15, 0.2) is 0 Å². The Bertz CT molecular complexity index is 386. The molecule has 0 saturated carbocycles. The summed E-state index contributed by atoms with van der Waals surface area (Å²) in [6.07, 6.45) is -3.81. The molecule has 0 N–H and O–H groups in total. The number of alkyl halides is 4. The van der Waals surface area contributed by atoms with Crippen molar-refractivity contribution < 1.29 is 13.2 Å². The Balaban J connectivity index is 3.05. The van der Waals surface area contributed by atoms with Crippen molar-refractivity contribution in [3.63, 3.8) is 0 Å². The van der Waals surface area contributed by atoms with Gasteiger partial charge < -0.3 is 0 Å². The molecule has 0 unspecified atom stereocenters. The van der Waals surface area contributed by atoms with Crippen molar-refractivity contribution in [2.75, 3.05) is 0 Å². The zero-order valence-electron chi connectivity index (χ0n) is 9.48. The van der Waals surface area contributed by atoms with E-state index >= 15 is 0 Å². The van der Waals surface area contributed by atoms with Gasteiger partial charge in [0.25, 0.3) is 0 Å². The van der Waals surface area contributed by atoms with Crippen LogP contribution in [0.1, 0.15) is 31.5 Å². The second-order valence-corrected chi connectivity index (χ2v) is 4.78. The Labute approximate surface area is 108 Å². The van der Waals surface area contributed by atoms with Crippen LogP contribution in [0.25, 0.3) is 0 Å². The summed E-state index contributed by atoms with van der Waals surface area (Å²) in [6, 6.07) is 0. The highest BCUT2D eigenvalue weighted by molar-refractivity contribution is 6.31. The van der Waals surface area contributed by atoms with Crippen LogP contribution >= 0.6 is 23.2 Å². The molecule has 1 rings (SSSR count). The van der Waals surface area contributed by atoms with Crippen molar-refractivity contribution in [2.45, 2.75) is 38.9 Å². The third kappa shape index (κ3) is 3.52. The molecule has 0 bridgehead atoms. The minimum atomic E-state index is -4.52. The largest absolute Gasteiger partial charge is 0.435 e. The molecule has 98 valence electrons. The summed E-state index contributed by atoms with van der Waals surface area (Å²) in [7, 11) is 0. The first-order valence-electron chi connectivity index (χ1n) is 5.15. The average Bonchev–Trinajstić information content (AvgIpc) is 2.51. The molecule has 1 aromatic rings. The molecule has 0 saturated heterocycles. The third-order valence-electron chi connectivity index (χ3n) is 2.30. The highest BCUT2D eigenvalue weighted by atomic mass is 35.5. The number of rotatable bonds is 4. The molecule has 0 radical (unpaired) electrons. The Kier molecular flexibility index (Phi) is 4.72. The molecule has 0 atom stereocenters. The van der Waals surface area contributed by atoms with Crippen LogP contribution in [0.4, 0.5) is 13.2 Å². The molecule has 0 spiro atoms. The van der Waals surface area contributed by atoms with Gasteiger partial charge >= 0.3 is 6.18 Å². The SMILES string of the molecule is CC(C)CCn1nc(C(F)(F)F)c(CCl)c1Cl. The summed E-state index contributed by atoms with van der Waals surface area (Å²) >= 11 is 11.3. The topological polar surface area (TPSA) is 17.8 Å². The molecule has 0 aromatic carbocycles. The Hall–Kier alpha value is -0.420. The standard InChI is InChI=1S/C10H13Cl2F3N2/c1-6(2)3-4-17-9(12)7(5-11)8(16-17)10(13,14)15/h6H,3-5H2,1-2H3. The summed E-state index contributed by atoms with van der Waals surface area (Å²) < 4.78 is 39.1. The van der Waals surface area contributed by atoms with E-state index in [-0.39, 0.29) is 16.6 Å². The van der Waals surface area contributed by atoms with E-state index in [0.717, 1.165) is 0 Å². The Morgan fingerprint density at radius 2 is 1.94 bits per heavy atom. The van der Waals surface area contributed by atoms with Crippen molar-refractivity contribution in [2.24, 2.45) is 5.92 Å². The lowest BCUT2D eigenvalue weighted by molar-refractivity contribution is -0.142. The molecule has 17 heavy (non-hydrogen) atoms. The van der Waals surface area contributed by atoms with Crippen LogP contribution in [0.2, 0.25) is 5.15 Å². The number of aryl methyl sites for hydroxylation is 1. The number of halogens is 5. The fourth-order valence-corrected chi connectivity index (χ4v) is 1.95. The molecule has 0 aliphatic rings. The van der Waals surface area contributed by atoms with Crippen LogP contribution in [0, 0.1) is 5.92 Å². The van der Waals surface area contributed by atoms with Crippen LogP contribution in [-0.2, 0) is 18.6 Å². The second kappa shape index (κ2) is 5.48. The van der Waals surface area contributed by atoms with E-state index in [1.807, 2.05) is 13.8 Å². The maximum atomic E-state index is 12.6. The van der Waals surface area contributed by atoms with Gasteiger partial charge in [0, 0.05) is 12.1 Å². The van der Waals surface area contributed by atoms with Crippen LogP contribution < -0.4 is 0 Å². The zero-order chi connectivity index (χ0) is 13.2. The van der Waals surface area contributed by atoms with Gasteiger partial charge in [-0.2, -0.15) is 18.3 Å². The Morgan fingerprint density at radius 1 is 1.35 bits per heavy atom. The van der Waals surface area contributed by atoms with Crippen molar-refractivity contribution in [1.82, 2.24) is 9.78 Å². The predicted octanol–water partition coefficient (Wildman–Crippen LogP) is 4.34. The predicted molar refractivity (Wildman–Crippen MR) is 61.3 cm³/mol. The average molecular weight is 289 g/mol. The Morgan fingerprint density at radius 3 is 2.29 bits per heavy atom. The highest BCUT2D eigenvalue weighted by Crippen LogP contribution is 2.35. The fourth-order valence-electron chi connectivity index (χ4n) is 1.35. The molecule has 0 aliphatic heterocycles. The normalized spacial score (nSPS) is 12.5. The van der Waals surface area contributed by atoms with E-state index in [0.29, 0.717) is 18.9 Å². The van der Waals surface area contributed by atoms with E-state index in [9.17, 15) is 13.2 Å². The minimum Gasteiger partial charge on any atom is -0.253 e. The molecule has 1 heterocycles.